The van der Waals surface area contributed by atoms with E-state index in [1.165, 1.54) is 13.2 Å². The second-order valence-electron chi connectivity index (χ2n) is 6.83. The summed E-state index contributed by atoms with van der Waals surface area (Å²) in [7, 11) is 1.35. The number of aliphatic hydroxyl groups is 1. The lowest BCUT2D eigenvalue weighted by atomic mass is 9.89. The summed E-state index contributed by atoms with van der Waals surface area (Å²) >= 11 is 3.50. The Morgan fingerprint density at radius 2 is 2.11 bits per heavy atom. The van der Waals surface area contributed by atoms with Gasteiger partial charge in [0.25, 0.3) is 0 Å². The Balaban J connectivity index is 1.80. The molecule has 0 spiro atoms. The molecule has 1 aliphatic rings. The van der Waals surface area contributed by atoms with Crippen molar-refractivity contribution in [1.29, 1.82) is 0 Å². The number of methoxy groups -OCH3 is 1. The maximum atomic E-state index is 11.6. The summed E-state index contributed by atoms with van der Waals surface area (Å²) in [6.07, 6.45) is 7.17. The van der Waals surface area contributed by atoms with Gasteiger partial charge in [-0.15, -0.1) is 0 Å². The first-order valence-corrected chi connectivity index (χ1v) is 10.1. The Morgan fingerprint density at radius 3 is 2.81 bits per heavy atom. The van der Waals surface area contributed by atoms with E-state index in [-0.39, 0.29) is 23.9 Å². The van der Waals surface area contributed by atoms with Gasteiger partial charge in [0.1, 0.15) is 6.29 Å². The average molecular weight is 439 g/mol. The van der Waals surface area contributed by atoms with Crippen LogP contribution in [0.15, 0.2) is 40.9 Å². The lowest BCUT2D eigenvalue weighted by Crippen LogP contribution is -2.25. The van der Waals surface area contributed by atoms with E-state index >= 15 is 0 Å². The van der Waals surface area contributed by atoms with Crippen molar-refractivity contribution in [1.82, 2.24) is 0 Å². The SMILES string of the molecule is COC(=O)C=CCCCCC1C(O)CC(OCc2ccccc2Br)C1C=O. The number of rotatable bonds is 10. The van der Waals surface area contributed by atoms with Crippen molar-refractivity contribution in [2.45, 2.75) is 50.9 Å². The van der Waals surface area contributed by atoms with Gasteiger partial charge in [-0.25, -0.2) is 4.79 Å². The lowest BCUT2D eigenvalue weighted by molar-refractivity contribution is -0.134. The molecule has 0 bridgehead atoms. The average Bonchev–Trinajstić information content (AvgIpc) is 2.98. The fourth-order valence-corrected chi connectivity index (χ4v) is 3.96. The van der Waals surface area contributed by atoms with Crippen LogP contribution >= 0.6 is 15.9 Å². The molecule has 1 fully saturated rings. The zero-order valence-electron chi connectivity index (χ0n) is 15.6. The Labute approximate surface area is 168 Å². The number of unbranched alkanes of at least 4 members (excludes halogenated alkanes) is 2. The van der Waals surface area contributed by atoms with E-state index < -0.39 is 6.10 Å². The molecule has 0 amide bonds. The summed E-state index contributed by atoms with van der Waals surface area (Å²) in [6, 6.07) is 7.82. The number of ether oxygens (including phenoxy) is 2. The van der Waals surface area contributed by atoms with Crippen molar-refractivity contribution in [3.8, 4) is 0 Å². The van der Waals surface area contributed by atoms with Crippen LogP contribution in [0.5, 0.6) is 0 Å². The van der Waals surface area contributed by atoms with E-state index in [9.17, 15) is 14.7 Å². The van der Waals surface area contributed by atoms with Crippen molar-refractivity contribution in [2.75, 3.05) is 7.11 Å². The lowest BCUT2D eigenvalue weighted by Gasteiger charge is -2.20. The first kappa shape index (κ1) is 21.8. The summed E-state index contributed by atoms with van der Waals surface area (Å²) in [5.41, 5.74) is 1.03. The number of halogens is 1. The summed E-state index contributed by atoms with van der Waals surface area (Å²) < 4.78 is 11.5. The molecule has 0 aliphatic heterocycles. The molecule has 27 heavy (non-hydrogen) atoms. The van der Waals surface area contributed by atoms with E-state index in [0.717, 1.165) is 42.0 Å². The smallest absolute Gasteiger partial charge is 0.330 e. The van der Waals surface area contributed by atoms with Crippen LogP contribution in [0.25, 0.3) is 0 Å². The standard InChI is InChI=1S/C21H27BrO5/c1-26-21(25)11-5-3-2-4-9-16-17(13-23)20(12-19(16)24)27-14-15-8-6-7-10-18(15)22/h5-8,10-11,13,16-17,19-20,24H,2-4,9,12,14H2,1H3. The van der Waals surface area contributed by atoms with Gasteiger partial charge in [-0.1, -0.05) is 46.6 Å². The van der Waals surface area contributed by atoms with Gasteiger partial charge in [-0.05, 0) is 36.8 Å². The van der Waals surface area contributed by atoms with E-state index in [1.54, 1.807) is 6.08 Å². The minimum Gasteiger partial charge on any atom is -0.466 e. The predicted octanol–water partition coefficient (Wildman–Crippen LogP) is 3.82. The maximum Gasteiger partial charge on any atom is 0.330 e. The number of aliphatic hydroxyl groups excluding tert-OH is 1. The molecule has 4 atom stereocenters. The van der Waals surface area contributed by atoms with Crippen LogP contribution in [0, 0.1) is 11.8 Å². The maximum absolute atomic E-state index is 11.6. The summed E-state index contributed by atoms with van der Waals surface area (Å²) in [6.45, 7) is 0.411. The van der Waals surface area contributed by atoms with Crippen LogP contribution in [0.3, 0.4) is 0 Å². The minimum absolute atomic E-state index is 0.0729. The molecule has 0 radical (unpaired) electrons. The van der Waals surface area contributed by atoms with Crippen LogP contribution in [-0.2, 0) is 25.7 Å². The molecule has 2 rings (SSSR count). The van der Waals surface area contributed by atoms with Crippen LogP contribution in [0.4, 0.5) is 0 Å². The molecule has 0 saturated heterocycles. The Kier molecular flexibility index (Phi) is 9.18. The van der Waals surface area contributed by atoms with Gasteiger partial charge in [0.15, 0.2) is 0 Å². The topological polar surface area (TPSA) is 72.8 Å². The summed E-state index contributed by atoms with van der Waals surface area (Å²) in [5, 5.41) is 10.4. The number of allylic oxidation sites excluding steroid dienone is 1. The molecule has 1 saturated carbocycles. The van der Waals surface area contributed by atoms with Crippen molar-refractivity contribution in [3.63, 3.8) is 0 Å². The molecule has 1 N–H and O–H groups in total. The molecule has 148 valence electrons. The largest absolute Gasteiger partial charge is 0.466 e. The van der Waals surface area contributed by atoms with E-state index in [4.69, 9.17) is 4.74 Å². The highest BCUT2D eigenvalue weighted by atomic mass is 79.9. The Morgan fingerprint density at radius 1 is 1.33 bits per heavy atom. The highest BCUT2D eigenvalue weighted by molar-refractivity contribution is 9.10. The van der Waals surface area contributed by atoms with Crippen LogP contribution in [0.1, 0.15) is 37.7 Å². The molecule has 1 aliphatic carbocycles. The van der Waals surface area contributed by atoms with Crippen molar-refractivity contribution in [3.05, 3.63) is 46.5 Å². The molecule has 0 aromatic heterocycles. The fourth-order valence-electron chi connectivity index (χ4n) is 3.56. The van der Waals surface area contributed by atoms with Crippen molar-refractivity contribution >= 4 is 28.2 Å². The number of hydrogen-bond acceptors (Lipinski definition) is 5. The van der Waals surface area contributed by atoms with Crippen LogP contribution in [0.2, 0.25) is 0 Å². The predicted molar refractivity (Wildman–Crippen MR) is 106 cm³/mol. The third-order valence-electron chi connectivity index (χ3n) is 5.07. The van der Waals surface area contributed by atoms with E-state index in [1.807, 2.05) is 24.3 Å². The minimum atomic E-state index is -0.518. The zero-order valence-corrected chi connectivity index (χ0v) is 17.1. The van der Waals surface area contributed by atoms with Crippen molar-refractivity contribution in [2.24, 2.45) is 11.8 Å². The number of benzene rings is 1. The van der Waals surface area contributed by atoms with Gasteiger partial charge in [-0.3, -0.25) is 0 Å². The molecule has 5 nitrogen and oxygen atoms in total. The number of carbonyl (C=O) groups excluding carboxylic acids is 2. The molecular weight excluding hydrogens is 412 g/mol. The van der Waals surface area contributed by atoms with Gasteiger partial charge < -0.3 is 19.4 Å². The van der Waals surface area contributed by atoms with Gasteiger partial charge in [0, 0.05) is 22.9 Å². The van der Waals surface area contributed by atoms with Crippen molar-refractivity contribution < 1.29 is 24.2 Å². The van der Waals surface area contributed by atoms with Gasteiger partial charge in [0.2, 0.25) is 0 Å². The first-order valence-electron chi connectivity index (χ1n) is 9.29. The number of aldehydes is 1. The highest BCUT2D eigenvalue weighted by Crippen LogP contribution is 2.37. The highest BCUT2D eigenvalue weighted by Gasteiger charge is 2.42. The second-order valence-corrected chi connectivity index (χ2v) is 7.69. The van der Waals surface area contributed by atoms with E-state index in [2.05, 4.69) is 20.7 Å². The van der Waals surface area contributed by atoms with Gasteiger partial charge in [0.05, 0.1) is 25.9 Å². The monoisotopic (exact) mass is 438 g/mol. The quantitative estimate of drug-likeness (QED) is 0.260. The Hall–Kier alpha value is -1.50. The normalized spacial score (nSPS) is 25.0. The summed E-state index contributed by atoms with van der Waals surface area (Å²) in [4.78, 5) is 22.6. The molecule has 1 aromatic rings. The Bertz CT molecular complexity index is 645. The molecule has 4 unspecified atom stereocenters. The zero-order chi connectivity index (χ0) is 19.6. The third-order valence-corrected chi connectivity index (χ3v) is 5.85. The first-order chi connectivity index (χ1) is 13.1. The molecule has 1 aromatic carbocycles. The summed E-state index contributed by atoms with van der Waals surface area (Å²) in [5.74, 6) is -0.711. The second kappa shape index (κ2) is 11.4. The molecule has 6 heteroatoms. The fraction of sp³-hybridized carbons (Fsp3) is 0.524. The van der Waals surface area contributed by atoms with Crippen LogP contribution in [-0.4, -0.2) is 36.7 Å². The van der Waals surface area contributed by atoms with E-state index in [0.29, 0.717) is 13.0 Å². The van der Waals surface area contributed by atoms with Crippen LogP contribution < -0.4 is 0 Å². The van der Waals surface area contributed by atoms with Gasteiger partial charge in [-0.2, -0.15) is 0 Å². The number of hydrogen-bond donors (Lipinski definition) is 1. The number of carbonyl (C=O) groups is 2. The number of esters is 1. The third kappa shape index (κ3) is 6.55. The van der Waals surface area contributed by atoms with Gasteiger partial charge >= 0.3 is 5.97 Å². The molecule has 0 heterocycles. The molecular formula is C21H27BrO5.